The summed E-state index contributed by atoms with van der Waals surface area (Å²) < 4.78 is 0. The third kappa shape index (κ3) is 6.02. The van der Waals surface area contributed by atoms with E-state index in [0.717, 1.165) is 31.2 Å². The summed E-state index contributed by atoms with van der Waals surface area (Å²) in [6.45, 7) is 0.698. The Morgan fingerprint density at radius 2 is 1.96 bits per heavy atom. The zero-order valence-corrected chi connectivity index (χ0v) is 13.8. The number of carbonyl (C=O) groups excluding carboxylic acids is 2. The van der Waals surface area contributed by atoms with Gasteiger partial charge < -0.3 is 15.3 Å². The summed E-state index contributed by atoms with van der Waals surface area (Å²) in [5.74, 6) is -1.03. The van der Waals surface area contributed by atoms with Crippen molar-refractivity contribution in [1.82, 2.24) is 4.90 Å². The summed E-state index contributed by atoms with van der Waals surface area (Å²) in [6.07, 6.45) is 4.99. The molecule has 6 nitrogen and oxygen atoms in total. The molecule has 0 aliphatic carbocycles. The van der Waals surface area contributed by atoms with E-state index in [-0.39, 0.29) is 24.8 Å². The molecule has 1 aromatic rings. The largest absolute Gasteiger partial charge is 0.481 e. The summed E-state index contributed by atoms with van der Waals surface area (Å²) in [5, 5.41) is 11.5. The van der Waals surface area contributed by atoms with Crippen LogP contribution in [0.15, 0.2) is 24.3 Å². The van der Waals surface area contributed by atoms with Crippen molar-refractivity contribution in [3.63, 3.8) is 0 Å². The van der Waals surface area contributed by atoms with Crippen molar-refractivity contribution >= 4 is 23.5 Å². The lowest BCUT2D eigenvalue weighted by Gasteiger charge is -2.24. The molecule has 1 fully saturated rings. The van der Waals surface area contributed by atoms with Gasteiger partial charge in [0.05, 0.1) is 6.54 Å². The van der Waals surface area contributed by atoms with Crippen LogP contribution in [-0.4, -0.2) is 40.9 Å². The molecule has 2 rings (SSSR count). The zero-order chi connectivity index (χ0) is 17.4. The number of aryl methyl sites for hydroxylation is 1. The maximum atomic E-state index is 12.2. The fraction of sp³-hybridized carbons (Fsp3) is 0.500. The number of carboxylic acid groups (broad SMARTS) is 1. The predicted molar refractivity (Wildman–Crippen MR) is 90.7 cm³/mol. The SMILES string of the molecule is O=C(O)CCc1cccc(NC(=O)CN2CCCCCCC2=O)c1. The molecule has 0 unspecified atom stereocenters. The molecular formula is C18H24N2O4. The first-order chi connectivity index (χ1) is 11.5. The lowest BCUT2D eigenvalue weighted by Crippen LogP contribution is -2.39. The van der Waals surface area contributed by atoms with E-state index < -0.39 is 5.97 Å². The van der Waals surface area contributed by atoms with E-state index in [1.54, 1.807) is 23.1 Å². The number of anilines is 1. The molecule has 2 N–H and O–H groups in total. The number of benzene rings is 1. The molecule has 0 bridgehead atoms. The monoisotopic (exact) mass is 332 g/mol. The van der Waals surface area contributed by atoms with Crippen LogP contribution in [0.4, 0.5) is 5.69 Å². The van der Waals surface area contributed by atoms with E-state index in [4.69, 9.17) is 5.11 Å². The van der Waals surface area contributed by atoms with E-state index in [0.29, 0.717) is 25.1 Å². The minimum absolute atomic E-state index is 0.0417. The number of carbonyl (C=O) groups is 3. The topological polar surface area (TPSA) is 86.7 Å². The van der Waals surface area contributed by atoms with Crippen molar-refractivity contribution in [3.05, 3.63) is 29.8 Å². The van der Waals surface area contributed by atoms with Gasteiger partial charge in [-0.05, 0) is 37.0 Å². The van der Waals surface area contributed by atoms with E-state index in [1.165, 1.54) is 0 Å². The Balaban J connectivity index is 1.90. The Morgan fingerprint density at radius 1 is 1.17 bits per heavy atom. The minimum Gasteiger partial charge on any atom is -0.481 e. The van der Waals surface area contributed by atoms with E-state index in [2.05, 4.69) is 5.32 Å². The number of hydrogen-bond acceptors (Lipinski definition) is 3. The highest BCUT2D eigenvalue weighted by Crippen LogP contribution is 2.14. The number of rotatable bonds is 6. The van der Waals surface area contributed by atoms with Crippen molar-refractivity contribution in [2.24, 2.45) is 0 Å². The molecule has 0 aromatic heterocycles. The standard InChI is InChI=1S/C18H24N2O4/c21-16(13-20-11-4-2-1-3-8-17(20)22)19-15-7-5-6-14(12-15)9-10-18(23)24/h5-7,12H,1-4,8-11,13H2,(H,19,21)(H,23,24). The Bertz CT molecular complexity index is 600. The highest BCUT2D eigenvalue weighted by molar-refractivity contribution is 5.94. The number of carboxylic acids is 1. The van der Waals surface area contributed by atoms with Crippen molar-refractivity contribution in [2.75, 3.05) is 18.4 Å². The molecule has 24 heavy (non-hydrogen) atoms. The first kappa shape index (κ1) is 18.0. The predicted octanol–water partition coefficient (Wildman–Crippen LogP) is 2.44. The summed E-state index contributed by atoms with van der Waals surface area (Å²) in [6, 6.07) is 7.15. The minimum atomic E-state index is -0.847. The van der Waals surface area contributed by atoms with Crippen LogP contribution in [0.1, 0.15) is 44.1 Å². The Labute approximate surface area is 141 Å². The number of nitrogens with one attached hydrogen (secondary N) is 1. The molecule has 130 valence electrons. The van der Waals surface area contributed by atoms with Crippen LogP contribution in [0.5, 0.6) is 0 Å². The van der Waals surface area contributed by atoms with Crippen LogP contribution in [-0.2, 0) is 20.8 Å². The van der Waals surface area contributed by atoms with Crippen molar-refractivity contribution in [2.45, 2.75) is 44.9 Å². The summed E-state index contributed by atoms with van der Waals surface area (Å²) >= 11 is 0. The molecular weight excluding hydrogens is 308 g/mol. The van der Waals surface area contributed by atoms with Gasteiger partial charge in [0, 0.05) is 25.1 Å². The zero-order valence-electron chi connectivity index (χ0n) is 13.8. The second-order valence-electron chi connectivity index (χ2n) is 6.12. The van der Waals surface area contributed by atoms with Crippen LogP contribution in [0.2, 0.25) is 0 Å². The van der Waals surface area contributed by atoms with Crippen LogP contribution < -0.4 is 5.32 Å². The fourth-order valence-corrected chi connectivity index (χ4v) is 2.81. The van der Waals surface area contributed by atoms with Crippen molar-refractivity contribution in [1.29, 1.82) is 0 Å². The smallest absolute Gasteiger partial charge is 0.303 e. The van der Waals surface area contributed by atoms with Gasteiger partial charge in [0.15, 0.2) is 0 Å². The second-order valence-corrected chi connectivity index (χ2v) is 6.12. The van der Waals surface area contributed by atoms with Crippen LogP contribution in [0, 0.1) is 0 Å². The number of nitrogens with zero attached hydrogens (tertiary/aromatic N) is 1. The fourth-order valence-electron chi connectivity index (χ4n) is 2.81. The van der Waals surface area contributed by atoms with Gasteiger partial charge in [-0.3, -0.25) is 14.4 Å². The molecule has 2 amide bonds. The molecule has 0 radical (unpaired) electrons. The Kier molecular flexibility index (Phi) is 6.78. The van der Waals surface area contributed by atoms with Gasteiger partial charge in [-0.1, -0.05) is 25.0 Å². The first-order valence-corrected chi connectivity index (χ1v) is 8.43. The highest BCUT2D eigenvalue weighted by atomic mass is 16.4. The van der Waals surface area contributed by atoms with E-state index in [1.807, 2.05) is 6.07 Å². The second kappa shape index (κ2) is 9.05. The highest BCUT2D eigenvalue weighted by Gasteiger charge is 2.18. The third-order valence-electron chi connectivity index (χ3n) is 4.09. The third-order valence-corrected chi connectivity index (χ3v) is 4.09. The first-order valence-electron chi connectivity index (χ1n) is 8.43. The lowest BCUT2D eigenvalue weighted by molar-refractivity contribution is -0.137. The molecule has 1 aromatic carbocycles. The molecule has 1 aliphatic rings. The van der Waals surface area contributed by atoms with Crippen LogP contribution >= 0.6 is 0 Å². The van der Waals surface area contributed by atoms with Crippen molar-refractivity contribution in [3.8, 4) is 0 Å². The average Bonchev–Trinajstić information content (AvgIpc) is 2.53. The molecule has 6 heteroatoms. The number of aliphatic carboxylic acids is 1. The molecule has 0 saturated carbocycles. The Hall–Kier alpha value is -2.37. The van der Waals surface area contributed by atoms with Crippen molar-refractivity contribution < 1.29 is 19.5 Å². The van der Waals surface area contributed by atoms with Gasteiger partial charge in [0.1, 0.15) is 0 Å². The van der Waals surface area contributed by atoms with E-state index in [9.17, 15) is 14.4 Å². The Morgan fingerprint density at radius 3 is 2.75 bits per heavy atom. The average molecular weight is 332 g/mol. The quantitative estimate of drug-likeness (QED) is 0.837. The van der Waals surface area contributed by atoms with Gasteiger partial charge in [0.2, 0.25) is 11.8 Å². The van der Waals surface area contributed by atoms with Crippen LogP contribution in [0.3, 0.4) is 0 Å². The molecule has 0 spiro atoms. The number of hydrogen-bond donors (Lipinski definition) is 2. The van der Waals surface area contributed by atoms with Gasteiger partial charge in [-0.2, -0.15) is 0 Å². The number of likely N-dealkylation sites (tertiary alicyclic amines) is 1. The van der Waals surface area contributed by atoms with E-state index >= 15 is 0 Å². The normalized spacial score (nSPS) is 15.5. The van der Waals surface area contributed by atoms with Crippen LogP contribution in [0.25, 0.3) is 0 Å². The summed E-state index contributed by atoms with van der Waals surface area (Å²) in [5.41, 5.74) is 1.49. The summed E-state index contributed by atoms with van der Waals surface area (Å²) in [7, 11) is 0. The van der Waals surface area contributed by atoms with Gasteiger partial charge in [0.25, 0.3) is 0 Å². The molecule has 0 atom stereocenters. The van der Waals surface area contributed by atoms with Gasteiger partial charge >= 0.3 is 5.97 Å². The maximum absolute atomic E-state index is 12.2. The summed E-state index contributed by atoms with van der Waals surface area (Å²) in [4.78, 5) is 36.5. The van der Waals surface area contributed by atoms with Gasteiger partial charge in [-0.25, -0.2) is 0 Å². The maximum Gasteiger partial charge on any atom is 0.303 e. The number of amides is 2. The molecule has 1 aliphatic heterocycles. The van der Waals surface area contributed by atoms with Gasteiger partial charge in [-0.15, -0.1) is 0 Å². The molecule has 1 saturated heterocycles. The lowest BCUT2D eigenvalue weighted by atomic mass is 10.1. The molecule has 1 heterocycles.